The summed E-state index contributed by atoms with van der Waals surface area (Å²) in [4.78, 5) is 48.5. The number of esters is 1. The van der Waals surface area contributed by atoms with Crippen molar-refractivity contribution in [3.63, 3.8) is 0 Å². The maximum absolute atomic E-state index is 12.8. The van der Waals surface area contributed by atoms with Crippen molar-refractivity contribution in [3.8, 4) is 0 Å². The number of likely N-dealkylation sites (tertiary alicyclic amines) is 1. The van der Waals surface area contributed by atoms with Gasteiger partial charge in [-0.05, 0) is 37.7 Å². The third-order valence-corrected chi connectivity index (χ3v) is 5.86. The van der Waals surface area contributed by atoms with E-state index in [1.54, 1.807) is 18.5 Å². The van der Waals surface area contributed by atoms with E-state index in [9.17, 15) is 14.4 Å². The van der Waals surface area contributed by atoms with Crippen LogP contribution in [-0.2, 0) is 19.1 Å². The van der Waals surface area contributed by atoms with Crippen molar-refractivity contribution in [2.75, 3.05) is 18.1 Å². The Balaban J connectivity index is 1.46. The molecule has 2 saturated heterocycles. The van der Waals surface area contributed by atoms with E-state index in [4.69, 9.17) is 4.74 Å². The van der Waals surface area contributed by atoms with Crippen LogP contribution in [0, 0.1) is 5.92 Å². The summed E-state index contributed by atoms with van der Waals surface area (Å²) in [7, 11) is 0. The van der Waals surface area contributed by atoms with Gasteiger partial charge in [-0.2, -0.15) is 0 Å². The van der Waals surface area contributed by atoms with Crippen LogP contribution in [0.25, 0.3) is 0 Å². The summed E-state index contributed by atoms with van der Waals surface area (Å²) >= 11 is 0. The van der Waals surface area contributed by atoms with E-state index in [2.05, 4.69) is 9.97 Å². The SMILES string of the molecule is O=C(OCC(=O)N1CCCC1=O)[C@@H]1C[C@@H]2CCCC[C@H]2N1c1ncccn1. The summed E-state index contributed by atoms with van der Waals surface area (Å²) in [5.41, 5.74) is 0. The molecule has 3 fully saturated rings. The standard InChI is InChI=1S/C19H24N4O4/c24-16-7-3-10-22(16)17(25)12-27-18(26)15-11-13-5-1-2-6-14(13)23(15)19-20-8-4-9-21-19/h4,8-9,13-15H,1-3,5-7,10-12H2/t13-,14+,15-/m0/s1. The van der Waals surface area contributed by atoms with E-state index >= 15 is 0 Å². The number of carbonyl (C=O) groups is 3. The average molecular weight is 372 g/mol. The van der Waals surface area contributed by atoms with Crippen LogP contribution in [0.15, 0.2) is 18.5 Å². The molecule has 1 saturated carbocycles. The molecule has 0 unspecified atom stereocenters. The number of aromatic nitrogens is 2. The molecule has 0 bridgehead atoms. The highest BCUT2D eigenvalue weighted by Crippen LogP contribution is 2.41. The Hall–Kier alpha value is -2.51. The number of fused-ring (bicyclic) bond motifs is 1. The van der Waals surface area contributed by atoms with Gasteiger partial charge in [-0.15, -0.1) is 0 Å². The lowest BCUT2D eigenvalue weighted by Crippen LogP contribution is -2.45. The van der Waals surface area contributed by atoms with E-state index in [-0.39, 0.29) is 18.6 Å². The zero-order chi connectivity index (χ0) is 18.8. The minimum Gasteiger partial charge on any atom is -0.454 e. The monoisotopic (exact) mass is 372 g/mol. The molecule has 0 N–H and O–H groups in total. The van der Waals surface area contributed by atoms with Gasteiger partial charge >= 0.3 is 5.97 Å². The largest absolute Gasteiger partial charge is 0.454 e. The Morgan fingerprint density at radius 3 is 2.67 bits per heavy atom. The fourth-order valence-corrected chi connectivity index (χ4v) is 4.60. The molecule has 0 radical (unpaired) electrons. The highest BCUT2D eigenvalue weighted by molar-refractivity contribution is 5.98. The lowest BCUT2D eigenvalue weighted by atomic mass is 9.85. The van der Waals surface area contributed by atoms with Crippen molar-refractivity contribution in [1.82, 2.24) is 14.9 Å². The zero-order valence-corrected chi connectivity index (χ0v) is 15.2. The molecule has 8 nitrogen and oxygen atoms in total. The van der Waals surface area contributed by atoms with Gasteiger partial charge in [0.05, 0.1) is 0 Å². The number of anilines is 1. The van der Waals surface area contributed by atoms with Crippen LogP contribution in [-0.4, -0.2) is 57.9 Å². The Morgan fingerprint density at radius 2 is 1.93 bits per heavy atom. The van der Waals surface area contributed by atoms with Gasteiger partial charge in [0.25, 0.3) is 5.91 Å². The van der Waals surface area contributed by atoms with Gasteiger partial charge < -0.3 is 9.64 Å². The fourth-order valence-electron chi connectivity index (χ4n) is 4.60. The molecule has 8 heteroatoms. The lowest BCUT2D eigenvalue weighted by Gasteiger charge is -2.33. The normalized spacial score (nSPS) is 27.6. The molecule has 3 aliphatic rings. The second kappa shape index (κ2) is 7.62. The van der Waals surface area contributed by atoms with Gasteiger partial charge in [0.1, 0.15) is 6.04 Å². The van der Waals surface area contributed by atoms with Crippen LogP contribution in [0.4, 0.5) is 5.95 Å². The number of rotatable bonds is 4. The molecule has 144 valence electrons. The van der Waals surface area contributed by atoms with Crippen LogP contribution >= 0.6 is 0 Å². The third-order valence-electron chi connectivity index (χ3n) is 5.86. The quantitative estimate of drug-likeness (QED) is 0.736. The summed E-state index contributed by atoms with van der Waals surface area (Å²) in [6.07, 6.45) is 9.47. The molecule has 2 amide bonds. The van der Waals surface area contributed by atoms with Crippen molar-refractivity contribution in [3.05, 3.63) is 18.5 Å². The van der Waals surface area contributed by atoms with Crippen LogP contribution in [0.5, 0.6) is 0 Å². The van der Waals surface area contributed by atoms with Gasteiger partial charge in [-0.25, -0.2) is 14.8 Å². The molecule has 1 aromatic rings. The molecule has 2 aliphatic heterocycles. The third kappa shape index (κ3) is 3.52. The van der Waals surface area contributed by atoms with Crippen molar-refractivity contribution in [2.45, 2.75) is 57.0 Å². The van der Waals surface area contributed by atoms with Crippen molar-refractivity contribution in [2.24, 2.45) is 5.92 Å². The number of hydrogen-bond donors (Lipinski definition) is 0. The van der Waals surface area contributed by atoms with E-state index in [0.717, 1.165) is 19.3 Å². The first-order valence-corrected chi connectivity index (χ1v) is 9.70. The number of ether oxygens (including phenoxy) is 1. The van der Waals surface area contributed by atoms with E-state index < -0.39 is 17.9 Å². The Labute approximate surface area is 157 Å². The average Bonchev–Trinajstić information content (AvgIpc) is 3.30. The molecular weight excluding hydrogens is 348 g/mol. The smallest absolute Gasteiger partial charge is 0.329 e. The first-order valence-electron chi connectivity index (χ1n) is 9.70. The Kier molecular flexibility index (Phi) is 5.05. The van der Waals surface area contributed by atoms with Gasteiger partial charge in [0.2, 0.25) is 11.9 Å². The summed E-state index contributed by atoms with van der Waals surface area (Å²) in [6.45, 7) is 0.0205. The predicted molar refractivity (Wildman–Crippen MR) is 95.6 cm³/mol. The van der Waals surface area contributed by atoms with E-state index in [1.807, 2.05) is 4.90 Å². The van der Waals surface area contributed by atoms with Gasteiger partial charge in [-0.1, -0.05) is 12.8 Å². The number of nitrogens with zero attached hydrogens (tertiary/aromatic N) is 4. The molecule has 0 aromatic carbocycles. The molecule has 27 heavy (non-hydrogen) atoms. The molecular formula is C19H24N4O4. The zero-order valence-electron chi connectivity index (χ0n) is 15.2. The van der Waals surface area contributed by atoms with Gasteiger partial charge in [-0.3, -0.25) is 14.5 Å². The Bertz CT molecular complexity index is 726. The fraction of sp³-hybridized carbons (Fsp3) is 0.632. The van der Waals surface area contributed by atoms with Gasteiger partial charge in [0, 0.05) is 31.4 Å². The van der Waals surface area contributed by atoms with Gasteiger partial charge in [0.15, 0.2) is 6.61 Å². The van der Waals surface area contributed by atoms with Crippen molar-refractivity contribution in [1.29, 1.82) is 0 Å². The maximum Gasteiger partial charge on any atom is 0.329 e. The summed E-state index contributed by atoms with van der Waals surface area (Å²) in [6, 6.07) is 1.49. The second-order valence-electron chi connectivity index (χ2n) is 7.47. The van der Waals surface area contributed by atoms with Crippen molar-refractivity contribution < 1.29 is 19.1 Å². The van der Waals surface area contributed by atoms with E-state index in [0.29, 0.717) is 37.7 Å². The molecule has 1 aromatic heterocycles. The van der Waals surface area contributed by atoms with Crippen LogP contribution in [0.2, 0.25) is 0 Å². The molecule has 1 aliphatic carbocycles. The first-order chi connectivity index (χ1) is 13.1. The summed E-state index contributed by atoms with van der Waals surface area (Å²) in [5, 5.41) is 0. The van der Waals surface area contributed by atoms with Crippen LogP contribution in [0.3, 0.4) is 0 Å². The number of amides is 2. The lowest BCUT2D eigenvalue weighted by molar-refractivity contribution is -0.155. The van der Waals surface area contributed by atoms with Crippen LogP contribution < -0.4 is 4.90 Å². The highest BCUT2D eigenvalue weighted by Gasteiger charge is 2.47. The van der Waals surface area contributed by atoms with Crippen molar-refractivity contribution >= 4 is 23.7 Å². The molecule has 3 atom stereocenters. The Morgan fingerprint density at radius 1 is 1.15 bits per heavy atom. The summed E-state index contributed by atoms with van der Waals surface area (Å²) in [5.74, 6) is -0.117. The van der Waals surface area contributed by atoms with Crippen LogP contribution in [0.1, 0.15) is 44.9 Å². The van der Waals surface area contributed by atoms with E-state index in [1.165, 1.54) is 11.3 Å². The minimum atomic E-state index is -0.484. The topological polar surface area (TPSA) is 92.7 Å². The number of carbonyl (C=O) groups excluding carboxylic acids is 3. The maximum atomic E-state index is 12.8. The number of imide groups is 1. The molecule has 4 rings (SSSR count). The predicted octanol–water partition coefficient (Wildman–Crippen LogP) is 1.31. The first kappa shape index (κ1) is 17.9. The minimum absolute atomic E-state index is 0.192. The second-order valence-corrected chi connectivity index (χ2v) is 7.47. The number of hydrogen-bond acceptors (Lipinski definition) is 7. The highest BCUT2D eigenvalue weighted by atomic mass is 16.5. The molecule has 3 heterocycles. The summed E-state index contributed by atoms with van der Waals surface area (Å²) < 4.78 is 5.33. The molecule has 0 spiro atoms.